The maximum atomic E-state index is 12.7. The van der Waals surface area contributed by atoms with E-state index in [9.17, 15) is 14.4 Å². The summed E-state index contributed by atoms with van der Waals surface area (Å²) in [4.78, 5) is 39.0. The predicted octanol–water partition coefficient (Wildman–Crippen LogP) is 1.56. The van der Waals surface area contributed by atoms with Gasteiger partial charge >= 0.3 is 5.97 Å². The van der Waals surface area contributed by atoms with Gasteiger partial charge in [0.15, 0.2) is 5.60 Å². The van der Waals surface area contributed by atoms with Gasteiger partial charge in [0.2, 0.25) is 5.91 Å². The first-order chi connectivity index (χ1) is 12.6. The zero-order chi connectivity index (χ0) is 20.0. The highest BCUT2D eigenvalue weighted by Gasteiger charge is 2.64. The molecule has 3 atom stereocenters. The van der Waals surface area contributed by atoms with E-state index >= 15 is 0 Å². The second-order valence-electron chi connectivity index (χ2n) is 7.66. The summed E-state index contributed by atoms with van der Waals surface area (Å²) in [5, 5.41) is 2.49. The summed E-state index contributed by atoms with van der Waals surface area (Å²) in [6, 6.07) is 7.69. The molecule has 7 nitrogen and oxygen atoms in total. The Morgan fingerprint density at radius 3 is 2.44 bits per heavy atom. The molecule has 2 aliphatic rings. The van der Waals surface area contributed by atoms with E-state index in [1.54, 1.807) is 26.0 Å². The molecule has 0 radical (unpaired) electrons. The summed E-state index contributed by atoms with van der Waals surface area (Å²) in [7, 11) is 1.31. The van der Waals surface area contributed by atoms with Crippen molar-refractivity contribution in [3.63, 3.8) is 0 Å². The van der Waals surface area contributed by atoms with Crippen LogP contribution in [0.2, 0.25) is 0 Å². The molecule has 8 heteroatoms. The third kappa shape index (κ3) is 3.38. The number of benzene rings is 1. The number of β-lactam (4-membered cyclic amide) rings is 1. The molecule has 0 aliphatic carbocycles. The number of hydrogen-bond donors (Lipinski definition) is 1. The fraction of sp³-hybridized carbons (Fsp3) is 0.526. The lowest BCUT2D eigenvalue weighted by molar-refractivity contribution is -0.163. The number of carbonyl (C=O) groups excluding carboxylic acids is 3. The van der Waals surface area contributed by atoms with Gasteiger partial charge < -0.3 is 19.7 Å². The number of rotatable bonds is 5. The number of fused-ring (bicyclic) bond motifs is 1. The Hall–Kier alpha value is -2.22. The van der Waals surface area contributed by atoms with Crippen molar-refractivity contribution in [1.29, 1.82) is 0 Å². The first kappa shape index (κ1) is 19.5. The Balaban J connectivity index is 1.70. The molecule has 0 spiro atoms. The van der Waals surface area contributed by atoms with Gasteiger partial charge in [-0.3, -0.25) is 9.59 Å². The molecular formula is C19H24N2O5S. The molecule has 1 aromatic carbocycles. The van der Waals surface area contributed by atoms with E-state index in [-0.39, 0.29) is 17.2 Å². The van der Waals surface area contributed by atoms with Crippen LogP contribution in [0.4, 0.5) is 0 Å². The molecule has 1 aromatic rings. The van der Waals surface area contributed by atoms with Crippen molar-refractivity contribution in [1.82, 2.24) is 10.2 Å². The Kier molecular flexibility index (Phi) is 4.88. The van der Waals surface area contributed by atoms with Crippen molar-refractivity contribution in [2.45, 2.75) is 55.5 Å². The van der Waals surface area contributed by atoms with Crippen LogP contribution >= 0.6 is 11.8 Å². The van der Waals surface area contributed by atoms with Gasteiger partial charge in [-0.1, -0.05) is 18.2 Å². The van der Waals surface area contributed by atoms with E-state index in [2.05, 4.69) is 5.32 Å². The van der Waals surface area contributed by atoms with Crippen LogP contribution in [0.5, 0.6) is 5.75 Å². The Morgan fingerprint density at radius 2 is 1.85 bits per heavy atom. The quantitative estimate of drug-likeness (QED) is 0.605. The van der Waals surface area contributed by atoms with Crippen molar-refractivity contribution in [2.24, 2.45) is 0 Å². The fourth-order valence-corrected chi connectivity index (χ4v) is 5.00. The van der Waals surface area contributed by atoms with Gasteiger partial charge in [0, 0.05) is 4.75 Å². The second kappa shape index (κ2) is 6.74. The molecule has 3 rings (SSSR count). The van der Waals surface area contributed by atoms with Crippen LogP contribution in [0.25, 0.3) is 0 Å². The van der Waals surface area contributed by atoms with Gasteiger partial charge in [0.1, 0.15) is 23.2 Å². The van der Waals surface area contributed by atoms with E-state index in [0.717, 1.165) is 0 Å². The number of para-hydroxylation sites is 1. The summed E-state index contributed by atoms with van der Waals surface area (Å²) >= 11 is 1.49. The monoisotopic (exact) mass is 392 g/mol. The lowest BCUT2D eigenvalue weighted by Crippen LogP contribution is -2.72. The minimum absolute atomic E-state index is 0.280. The maximum Gasteiger partial charge on any atom is 0.330 e. The summed E-state index contributed by atoms with van der Waals surface area (Å²) in [5.41, 5.74) is -1.15. The average molecular weight is 392 g/mol. The Bertz CT molecular complexity index is 765. The predicted molar refractivity (Wildman–Crippen MR) is 101 cm³/mol. The zero-order valence-electron chi connectivity index (χ0n) is 16.0. The molecular weight excluding hydrogens is 368 g/mol. The molecule has 1 N–H and O–H groups in total. The van der Waals surface area contributed by atoms with Gasteiger partial charge in [-0.25, -0.2) is 4.79 Å². The van der Waals surface area contributed by atoms with Crippen molar-refractivity contribution in [2.75, 3.05) is 7.11 Å². The SMILES string of the molecule is COC(=O)C1N2C(=O)C(NC(=O)C(C)(C)Oc3ccccc3)[C@@H]2SC1(C)C. The number of nitrogens with one attached hydrogen (secondary N) is 1. The van der Waals surface area contributed by atoms with Crippen molar-refractivity contribution >= 4 is 29.5 Å². The van der Waals surface area contributed by atoms with Crippen molar-refractivity contribution in [3.05, 3.63) is 30.3 Å². The van der Waals surface area contributed by atoms with Gasteiger partial charge in [0.25, 0.3) is 5.91 Å². The first-order valence-electron chi connectivity index (χ1n) is 8.71. The molecule has 0 bridgehead atoms. The van der Waals surface area contributed by atoms with E-state index in [0.29, 0.717) is 5.75 Å². The van der Waals surface area contributed by atoms with Crippen molar-refractivity contribution in [3.8, 4) is 5.75 Å². The van der Waals surface area contributed by atoms with Gasteiger partial charge in [0.05, 0.1) is 7.11 Å². The lowest BCUT2D eigenvalue weighted by Gasteiger charge is -2.44. The average Bonchev–Trinajstić information content (AvgIpc) is 2.87. The summed E-state index contributed by atoms with van der Waals surface area (Å²) < 4.78 is 10.1. The highest BCUT2D eigenvalue weighted by atomic mass is 32.2. The van der Waals surface area contributed by atoms with Crippen LogP contribution in [0.3, 0.4) is 0 Å². The van der Waals surface area contributed by atoms with Crippen LogP contribution in [0.1, 0.15) is 27.7 Å². The highest BCUT2D eigenvalue weighted by molar-refractivity contribution is 8.01. The molecule has 2 heterocycles. The smallest absolute Gasteiger partial charge is 0.330 e. The Labute approximate surface area is 162 Å². The normalized spacial score (nSPS) is 26.0. The second-order valence-corrected chi connectivity index (χ2v) is 9.43. The van der Waals surface area contributed by atoms with Crippen molar-refractivity contribution < 1.29 is 23.9 Å². The third-order valence-electron chi connectivity index (χ3n) is 4.82. The van der Waals surface area contributed by atoms with Crippen LogP contribution in [0.15, 0.2) is 30.3 Å². The molecule has 146 valence electrons. The van der Waals surface area contributed by atoms with Gasteiger partial charge in [-0.15, -0.1) is 11.8 Å². The molecule has 27 heavy (non-hydrogen) atoms. The van der Waals surface area contributed by atoms with Crippen LogP contribution in [-0.2, 0) is 19.1 Å². The molecule has 0 aromatic heterocycles. The lowest BCUT2D eigenvalue weighted by atomic mass is 9.95. The molecule has 0 saturated carbocycles. The van der Waals surface area contributed by atoms with Gasteiger partial charge in [-0.05, 0) is 39.8 Å². The summed E-state index contributed by atoms with van der Waals surface area (Å²) in [6.45, 7) is 7.09. The van der Waals surface area contributed by atoms with Gasteiger partial charge in [-0.2, -0.15) is 0 Å². The largest absolute Gasteiger partial charge is 0.478 e. The van der Waals surface area contributed by atoms with E-state index in [1.165, 1.54) is 23.8 Å². The fourth-order valence-electron chi connectivity index (χ4n) is 3.38. The number of ether oxygens (including phenoxy) is 2. The molecule has 2 unspecified atom stereocenters. The standard InChI is InChI=1S/C19H24N2O5S/c1-18(2,26-11-9-7-6-8-10-11)17(24)20-12-14(22)21-13(16(23)25-5)19(3,4)27-15(12)21/h6-10,12-13,15H,1-5H3,(H,20,24)/t12?,13?,15-/m0/s1. The minimum Gasteiger partial charge on any atom is -0.478 e. The summed E-state index contributed by atoms with van der Waals surface area (Å²) in [5.74, 6) is -0.538. The zero-order valence-corrected chi connectivity index (χ0v) is 16.8. The van der Waals surface area contributed by atoms with Crippen LogP contribution in [-0.4, -0.2) is 57.6 Å². The molecule has 2 amide bonds. The maximum absolute atomic E-state index is 12.7. The number of nitrogens with zero attached hydrogens (tertiary/aromatic N) is 1. The molecule has 2 aliphatic heterocycles. The first-order valence-corrected chi connectivity index (χ1v) is 9.59. The molecule has 2 fully saturated rings. The van der Waals surface area contributed by atoms with Crippen LogP contribution < -0.4 is 10.1 Å². The molecule has 2 saturated heterocycles. The van der Waals surface area contributed by atoms with E-state index in [4.69, 9.17) is 9.47 Å². The van der Waals surface area contributed by atoms with E-state index in [1.807, 2.05) is 32.0 Å². The van der Waals surface area contributed by atoms with Crippen LogP contribution in [0, 0.1) is 0 Å². The number of amides is 2. The number of hydrogen-bond acceptors (Lipinski definition) is 6. The number of esters is 1. The van der Waals surface area contributed by atoms with E-state index < -0.39 is 28.4 Å². The Morgan fingerprint density at radius 1 is 1.22 bits per heavy atom. The summed E-state index contributed by atoms with van der Waals surface area (Å²) in [6.07, 6.45) is 0. The number of carbonyl (C=O) groups is 3. The minimum atomic E-state index is -1.15. The number of thioether (sulfide) groups is 1. The number of methoxy groups -OCH3 is 1. The topological polar surface area (TPSA) is 84.9 Å². The highest BCUT2D eigenvalue weighted by Crippen LogP contribution is 2.51. The third-order valence-corrected chi connectivity index (χ3v) is 6.39.